The van der Waals surface area contributed by atoms with E-state index in [2.05, 4.69) is 15.0 Å². The zero-order chi connectivity index (χ0) is 18.7. The number of aromatic nitrogens is 3. The predicted octanol–water partition coefficient (Wildman–Crippen LogP) is 0.858. The van der Waals surface area contributed by atoms with Gasteiger partial charge >= 0.3 is 0 Å². The van der Waals surface area contributed by atoms with Crippen molar-refractivity contribution in [3.63, 3.8) is 0 Å². The van der Waals surface area contributed by atoms with Gasteiger partial charge in [0.05, 0.1) is 18.8 Å². The number of amides is 2. The minimum atomic E-state index is -1.05. The fraction of sp³-hybridized carbons (Fsp3) is 0.389. The van der Waals surface area contributed by atoms with Crippen LogP contribution in [0.15, 0.2) is 36.9 Å². The van der Waals surface area contributed by atoms with Gasteiger partial charge in [-0.1, -0.05) is 6.07 Å². The Bertz CT molecular complexity index is 811. The molecule has 1 aliphatic heterocycles. The van der Waals surface area contributed by atoms with Crippen LogP contribution >= 0.6 is 0 Å². The van der Waals surface area contributed by atoms with Crippen molar-refractivity contribution in [2.45, 2.75) is 12.5 Å². The number of carbonyl (C=O) groups is 2. The molecule has 2 aromatic rings. The van der Waals surface area contributed by atoms with E-state index < -0.39 is 5.60 Å². The molecule has 136 valence electrons. The molecule has 2 amide bonds. The van der Waals surface area contributed by atoms with E-state index in [-0.39, 0.29) is 18.4 Å². The zero-order valence-electron chi connectivity index (χ0n) is 15.0. The normalized spacial score (nSPS) is 19.9. The number of rotatable bonds is 3. The first kappa shape index (κ1) is 17.9. The van der Waals surface area contributed by atoms with E-state index in [1.807, 2.05) is 0 Å². The lowest BCUT2D eigenvalue weighted by atomic mass is 10.0. The summed E-state index contributed by atoms with van der Waals surface area (Å²) in [5.74, 6) is -0.400. The molecule has 1 unspecified atom stereocenters. The second kappa shape index (κ2) is 7.17. The monoisotopic (exact) mass is 355 g/mol. The molecule has 0 bridgehead atoms. The smallest absolute Gasteiger partial charge is 0.272 e. The van der Waals surface area contributed by atoms with Gasteiger partial charge in [0.2, 0.25) is 0 Å². The summed E-state index contributed by atoms with van der Waals surface area (Å²) in [7, 11) is 3.34. The van der Waals surface area contributed by atoms with Crippen molar-refractivity contribution in [3.8, 4) is 11.3 Å². The third-order valence-electron chi connectivity index (χ3n) is 4.24. The topological polar surface area (TPSA) is 88.5 Å². The number of nitrogens with zero attached hydrogens (tertiary/aromatic N) is 5. The van der Waals surface area contributed by atoms with Crippen LogP contribution in [0.3, 0.4) is 0 Å². The van der Waals surface area contributed by atoms with Crippen LogP contribution in [-0.2, 0) is 9.53 Å². The van der Waals surface area contributed by atoms with Crippen molar-refractivity contribution >= 4 is 11.8 Å². The standard InChI is InChI=1S/C18H21N5O3/c1-18(17(25)22(2)3)11-23(7-8-26-18)16(24)15-6-4-5-14(21-15)13-9-19-12-20-10-13/h4-6,9-10,12H,7-8,11H2,1-3H3. The Morgan fingerprint density at radius 2 is 1.96 bits per heavy atom. The highest BCUT2D eigenvalue weighted by molar-refractivity contribution is 5.94. The Kier molecular flexibility index (Phi) is 4.94. The molecule has 1 atom stereocenters. The first-order chi connectivity index (χ1) is 12.4. The van der Waals surface area contributed by atoms with Crippen LogP contribution in [0, 0.1) is 0 Å². The van der Waals surface area contributed by atoms with Gasteiger partial charge in [0.25, 0.3) is 11.8 Å². The molecule has 1 fully saturated rings. The molecule has 3 heterocycles. The van der Waals surface area contributed by atoms with Gasteiger partial charge < -0.3 is 14.5 Å². The average Bonchev–Trinajstić information content (AvgIpc) is 2.67. The van der Waals surface area contributed by atoms with Gasteiger partial charge in [-0.15, -0.1) is 0 Å². The maximum atomic E-state index is 12.9. The van der Waals surface area contributed by atoms with Crippen LogP contribution < -0.4 is 0 Å². The van der Waals surface area contributed by atoms with Crippen LogP contribution in [0.25, 0.3) is 11.3 Å². The minimum Gasteiger partial charge on any atom is -0.362 e. The van der Waals surface area contributed by atoms with E-state index in [1.54, 1.807) is 56.5 Å². The number of carbonyl (C=O) groups excluding carboxylic acids is 2. The van der Waals surface area contributed by atoms with Crippen molar-refractivity contribution in [3.05, 3.63) is 42.6 Å². The number of hydrogen-bond donors (Lipinski definition) is 0. The van der Waals surface area contributed by atoms with Crippen LogP contribution in [0.2, 0.25) is 0 Å². The van der Waals surface area contributed by atoms with Gasteiger partial charge in [-0.05, 0) is 19.1 Å². The molecular formula is C18H21N5O3. The summed E-state index contributed by atoms with van der Waals surface area (Å²) < 4.78 is 5.68. The summed E-state index contributed by atoms with van der Waals surface area (Å²) in [6, 6.07) is 5.23. The van der Waals surface area contributed by atoms with Gasteiger partial charge in [-0.25, -0.2) is 15.0 Å². The number of pyridine rings is 1. The Morgan fingerprint density at radius 3 is 2.65 bits per heavy atom. The van der Waals surface area contributed by atoms with Crippen molar-refractivity contribution in [1.82, 2.24) is 24.8 Å². The second-order valence-corrected chi connectivity index (χ2v) is 6.54. The van der Waals surface area contributed by atoms with Crippen molar-refractivity contribution in [2.75, 3.05) is 33.8 Å². The molecule has 0 aliphatic carbocycles. The van der Waals surface area contributed by atoms with Crippen molar-refractivity contribution in [1.29, 1.82) is 0 Å². The third kappa shape index (κ3) is 3.55. The van der Waals surface area contributed by atoms with Crippen molar-refractivity contribution < 1.29 is 14.3 Å². The largest absolute Gasteiger partial charge is 0.362 e. The van der Waals surface area contributed by atoms with Crippen molar-refractivity contribution in [2.24, 2.45) is 0 Å². The Balaban J connectivity index is 1.82. The first-order valence-corrected chi connectivity index (χ1v) is 8.28. The summed E-state index contributed by atoms with van der Waals surface area (Å²) >= 11 is 0. The van der Waals surface area contributed by atoms with Crippen LogP contribution in [0.5, 0.6) is 0 Å². The van der Waals surface area contributed by atoms with E-state index >= 15 is 0 Å². The Morgan fingerprint density at radius 1 is 1.23 bits per heavy atom. The molecule has 0 spiro atoms. The molecule has 0 saturated carbocycles. The number of morpholine rings is 1. The first-order valence-electron chi connectivity index (χ1n) is 8.28. The van der Waals surface area contributed by atoms with Crippen LogP contribution in [0.4, 0.5) is 0 Å². The van der Waals surface area contributed by atoms with E-state index in [0.29, 0.717) is 24.5 Å². The van der Waals surface area contributed by atoms with Gasteiger partial charge in [0.1, 0.15) is 12.0 Å². The minimum absolute atomic E-state index is 0.168. The summed E-state index contributed by atoms with van der Waals surface area (Å²) in [6.07, 6.45) is 4.73. The number of hydrogen-bond acceptors (Lipinski definition) is 6. The molecule has 8 heteroatoms. The molecule has 8 nitrogen and oxygen atoms in total. The summed E-state index contributed by atoms with van der Waals surface area (Å²) in [5.41, 5.74) is 0.615. The maximum absolute atomic E-state index is 12.9. The highest BCUT2D eigenvalue weighted by Crippen LogP contribution is 2.22. The molecule has 26 heavy (non-hydrogen) atoms. The zero-order valence-corrected chi connectivity index (χ0v) is 15.0. The fourth-order valence-electron chi connectivity index (χ4n) is 2.95. The van der Waals surface area contributed by atoms with Gasteiger partial charge in [0, 0.05) is 38.6 Å². The molecule has 0 radical (unpaired) electrons. The summed E-state index contributed by atoms with van der Waals surface area (Å²) in [5, 5.41) is 0. The molecular weight excluding hydrogens is 334 g/mol. The van der Waals surface area contributed by atoms with E-state index in [9.17, 15) is 9.59 Å². The lowest BCUT2D eigenvalue weighted by Gasteiger charge is -2.40. The van der Waals surface area contributed by atoms with Crippen LogP contribution in [0.1, 0.15) is 17.4 Å². The lowest BCUT2D eigenvalue weighted by Crippen LogP contribution is -2.59. The highest BCUT2D eigenvalue weighted by Gasteiger charge is 2.42. The molecule has 0 N–H and O–H groups in total. The SMILES string of the molecule is CN(C)C(=O)C1(C)CN(C(=O)c2cccc(-c3cncnc3)n2)CCO1. The quantitative estimate of drug-likeness (QED) is 0.811. The summed E-state index contributed by atoms with van der Waals surface area (Å²) in [4.78, 5) is 40.8. The van der Waals surface area contributed by atoms with Gasteiger partial charge in [-0.2, -0.15) is 0 Å². The molecule has 0 aromatic carbocycles. The lowest BCUT2D eigenvalue weighted by molar-refractivity contribution is -0.162. The Labute approximate surface area is 151 Å². The third-order valence-corrected chi connectivity index (χ3v) is 4.24. The molecule has 1 saturated heterocycles. The van der Waals surface area contributed by atoms with E-state index in [0.717, 1.165) is 5.56 Å². The number of likely N-dealkylation sites (N-methyl/N-ethyl adjacent to an activating group) is 1. The molecule has 1 aliphatic rings. The van der Waals surface area contributed by atoms with E-state index in [1.165, 1.54) is 11.2 Å². The Hall–Kier alpha value is -2.87. The van der Waals surface area contributed by atoms with E-state index in [4.69, 9.17) is 4.74 Å². The molecule has 3 rings (SSSR count). The van der Waals surface area contributed by atoms with Crippen LogP contribution in [-0.4, -0.2) is 76.0 Å². The summed E-state index contributed by atoms with van der Waals surface area (Å²) in [6.45, 7) is 2.60. The average molecular weight is 355 g/mol. The fourth-order valence-corrected chi connectivity index (χ4v) is 2.95. The number of ether oxygens (including phenoxy) is 1. The molecule has 2 aromatic heterocycles. The van der Waals surface area contributed by atoms with Gasteiger partial charge in [0.15, 0.2) is 5.60 Å². The second-order valence-electron chi connectivity index (χ2n) is 6.54. The van der Waals surface area contributed by atoms with Gasteiger partial charge in [-0.3, -0.25) is 9.59 Å². The predicted molar refractivity (Wildman–Crippen MR) is 94.2 cm³/mol. The highest BCUT2D eigenvalue weighted by atomic mass is 16.5. The maximum Gasteiger partial charge on any atom is 0.272 e.